The Labute approximate surface area is 142 Å². The summed E-state index contributed by atoms with van der Waals surface area (Å²) in [6.45, 7) is 2.08. The summed E-state index contributed by atoms with van der Waals surface area (Å²) >= 11 is 6.23. The second-order valence-electron chi connectivity index (χ2n) is 5.27. The van der Waals surface area contributed by atoms with Gasteiger partial charge in [-0.25, -0.2) is 9.97 Å². The molecule has 2 heterocycles. The van der Waals surface area contributed by atoms with Crippen molar-refractivity contribution in [1.82, 2.24) is 15.1 Å². The molecule has 1 aromatic carbocycles. The number of halogens is 1. The summed E-state index contributed by atoms with van der Waals surface area (Å²) in [7, 11) is 0. The van der Waals surface area contributed by atoms with Gasteiger partial charge in [-0.3, -0.25) is 4.79 Å². The molecular formula is C16H14ClN3O4. The molecule has 0 saturated heterocycles. The first-order valence-electron chi connectivity index (χ1n) is 7.23. The maximum Gasteiger partial charge on any atom is 0.303 e. The topological polar surface area (TPSA) is 98.3 Å². The lowest BCUT2D eigenvalue weighted by Crippen LogP contribution is -2.01. The molecule has 0 fully saturated rings. The number of aromatic nitrogens is 3. The number of aliphatic carboxylic acids is 1. The van der Waals surface area contributed by atoms with Crippen LogP contribution in [0.5, 0.6) is 5.75 Å². The summed E-state index contributed by atoms with van der Waals surface area (Å²) < 4.78 is 10.9. The van der Waals surface area contributed by atoms with E-state index in [1.807, 2.05) is 6.92 Å². The van der Waals surface area contributed by atoms with Gasteiger partial charge in [0.05, 0.1) is 17.1 Å². The fourth-order valence-corrected chi connectivity index (χ4v) is 2.36. The smallest absolute Gasteiger partial charge is 0.303 e. The molecule has 3 rings (SSSR count). The molecule has 3 aromatic rings. The monoisotopic (exact) mass is 347 g/mol. The highest BCUT2D eigenvalue weighted by Crippen LogP contribution is 2.32. The number of aryl methyl sites for hydroxylation is 2. The van der Waals surface area contributed by atoms with Gasteiger partial charge in [-0.05, 0) is 18.6 Å². The van der Waals surface area contributed by atoms with Gasteiger partial charge in [0.25, 0.3) is 0 Å². The lowest BCUT2D eigenvalue weighted by molar-refractivity contribution is -0.136. The zero-order valence-corrected chi connectivity index (χ0v) is 13.6. The van der Waals surface area contributed by atoms with Crippen LogP contribution in [0.2, 0.25) is 5.02 Å². The standard InChI is InChI=1S/C16H14ClN3O4/c1-9-6-18-15(19-7-9)8-23-14-5-13-10(4-11(14)17)12(20-24-13)2-3-16(21)22/h4-7H,2-3,8H2,1H3,(H,21,22). The van der Waals surface area contributed by atoms with Crippen molar-refractivity contribution in [2.24, 2.45) is 0 Å². The van der Waals surface area contributed by atoms with Crippen molar-refractivity contribution in [3.05, 3.63) is 46.6 Å². The summed E-state index contributed by atoms with van der Waals surface area (Å²) in [6.07, 6.45) is 3.67. The fourth-order valence-electron chi connectivity index (χ4n) is 2.14. The summed E-state index contributed by atoms with van der Waals surface area (Å²) in [5, 5.41) is 13.7. The Kier molecular flexibility index (Phi) is 4.61. The summed E-state index contributed by atoms with van der Waals surface area (Å²) in [5.41, 5.74) is 2.01. The third-order valence-corrected chi connectivity index (χ3v) is 3.66. The number of rotatable bonds is 6. The van der Waals surface area contributed by atoms with Gasteiger partial charge in [-0.15, -0.1) is 0 Å². The number of ether oxygens (including phenoxy) is 1. The third-order valence-electron chi connectivity index (χ3n) is 3.37. The number of nitrogens with zero attached hydrogens (tertiary/aromatic N) is 3. The Bertz CT molecular complexity index is 877. The number of hydrogen-bond donors (Lipinski definition) is 1. The minimum Gasteiger partial charge on any atom is -0.484 e. The van der Waals surface area contributed by atoms with E-state index < -0.39 is 5.97 Å². The zero-order chi connectivity index (χ0) is 17.1. The van der Waals surface area contributed by atoms with E-state index in [-0.39, 0.29) is 19.4 Å². The van der Waals surface area contributed by atoms with Gasteiger partial charge in [-0.1, -0.05) is 16.8 Å². The molecule has 0 saturated carbocycles. The van der Waals surface area contributed by atoms with Crippen LogP contribution >= 0.6 is 11.6 Å². The first-order chi connectivity index (χ1) is 11.5. The van der Waals surface area contributed by atoms with Crippen LogP contribution in [0.3, 0.4) is 0 Å². The van der Waals surface area contributed by atoms with Gasteiger partial charge in [-0.2, -0.15) is 0 Å². The maximum atomic E-state index is 10.7. The van der Waals surface area contributed by atoms with E-state index in [4.69, 9.17) is 26.0 Å². The minimum atomic E-state index is -0.893. The molecule has 0 atom stereocenters. The van der Waals surface area contributed by atoms with Gasteiger partial charge >= 0.3 is 5.97 Å². The Morgan fingerprint density at radius 1 is 1.33 bits per heavy atom. The number of fused-ring (bicyclic) bond motifs is 1. The van der Waals surface area contributed by atoms with E-state index in [0.29, 0.717) is 33.3 Å². The molecule has 0 amide bonds. The number of carboxylic acids is 1. The maximum absolute atomic E-state index is 10.7. The van der Waals surface area contributed by atoms with Gasteiger partial charge in [0.2, 0.25) is 0 Å². The largest absolute Gasteiger partial charge is 0.484 e. The van der Waals surface area contributed by atoms with Crippen molar-refractivity contribution in [2.75, 3.05) is 0 Å². The van der Waals surface area contributed by atoms with Crippen molar-refractivity contribution in [1.29, 1.82) is 0 Å². The average Bonchev–Trinajstić information content (AvgIpc) is 2.94. The molecule has 24 heavy (non-hydrogen) atoms. The van der Waals surface area contributed by atoms with Crippen molar-refractivity contribution >= 4 is 28.5 Å². The Balaban J connectivity index is 1.78. The van der Waals surface area contributed by atoms with E-state index in [9.17, 15) is 4.79 Å². The first kappa shape index (κ1) is 16.2. The molecule has 0 unspecified atom stereocenters. The summed E-state index contributed by atoms with van der Waals surface area (Å²) in [6, 6.07) is 3.29. The number of benzene rings is 1. The van der Waals surface area contributed by atoms with Crippen LogP contribution in [0.4, 0.5) is 0 Å². The molecule has 2 aromatic heterocycles. The Morgan fingerprint density at radius 2 is 2.08 bits per heavy atom. The molecule has 0 aliphatic heterocycles. The highest BCUT2D eigenvalue weighted by Gasteiger charge is 2.14. The molecule has 8 heteroatoms. The predicted molar refractivity (Wildman–Crippen MR) is 86.1 cm³/mol. The van der Waals surface area contributed by atoms with Gasteiger partial charge in [0.1, 0.15) is 12.4 Å². The molecule has 124 valence electrons. The molecule has 0 bridgehead atoms. The second-order valence-corrected chi connectivity index (χ2v) is 5.67. The van der Waals surface area contributed by atoms with Crippen LogP contribution in [0.1, 0.15) is 23.5 Å². The minimum absolute atomic E-state index is 0.0255. The lowest BCUT2D eigenvalue weighted by Gasteiger charge is -2.07. The van der Waals surface area contributed by atoms with E-state index >= 15 is 0 Å². The van der Waals surface area contributed by atoms with E-state index in [1.54, 1.807) is 24.5 Å². The Hall–Kier alpha value is -2.67. The van der Waals surface area contributed by atoms with E-state index in [0.717, 1.165) is 5.56 Å². The van der Waals surface area contributed by atoms with Crippen LogP contribution in [-0.2, 0) is 17.8 Å². The average molecular weight is 348 g/mol. The highest BCUT2D eigenvalue weighted by molar-refractivity contribution is 6.32. The zero-order valence-electron chi connectivity index (χ0n) is 12.8. The van der Waals surface area contributed by atoms with Crippen molar-refractivity contribution in [2.45, 2.75) is 26.4 Å². The summed E-state index contributed by atoms with van der Waals surface area (Å²) in [5.74, 6) is 0.0704. The molecule has 7 nitrogen and oxygen atoms in total. The van der Waals surface area contributed by atoms with Gasteiger partial charge < -0.3 is 14.4 Å². The number of hydrogen-bond acceptors (Lipinski definition) is 6. The number of carboxylic acid groups (broad SMARTS) is 1. The van der Waals surface area contributed by atoms with Crippen LogP contribution in [0.25, 0.3) is 11.0 Å². The first-order valence-corrected chi connectivity index (χ1v) is 7.60. The molecular weight excluding hydrogens is 334 g/mol. The molecule has 0 radical (unpaired) electrons. The molecule has 0 aliphatic rings. The Morgan fingerprint density at radius 3 is 2.79 bits per heavy atom. The van der Waals surface area contributed by atoms with Crippen LogP contribution in [-0.4, -0.2) is 26.2 Å². The highest BCUT2D eigenvalue weighted by atomic mass is 35.5. The summed E-state index contributed by atoms with van der Waals surface area (Å²) in [4.78, 5) is 19.0. The molecule has 0 spiro atoms. The quantitative estimate of drug-likeness (QED) is 0.731. The second kappa shape index (κ2) is 6.84. The predicted octanol–water partition coefficient (Wildman–Crippen LogP) is 3.18. The van der Waals surface area contributed by atoms with E-state index in [2.05, 4.69) is 15.1 Å². The van der Waals surface area contributed by atoms with Gasteiger partial charge in [0.15, 0.2) is 11.4 Å². The normalized spacial score (nSPS) is 10.9. The van der Waals surface area contributed by atoms with Crippen molar-refractivity contribution in [3.8, 4) is 5.75 Å². The van der Waals surface area contributed by atoms with Crippen LogP contribution in [0.15, 0.2) is 29.0 Å². The number of carbonyl (C=O) groups is 1. The van der Waals surface area contributed by atoms with Crippen LogP contribution < -0.4 is 4.74 Å². The van der Waals surface area contributed by atoms with Crippen molar-refractivity contribution < 1.29 is 19.2 Å². The lowest BCUT2D eigenvalue weighted by atomic mass is 10.1. The van der Waals surface area contributed by atoms with Crippen molar-refractivity contribution in [3.63, 3.8) is 0 Å². The SMILES string of the molecule is Cc1cnc(COc2cc3onc(CCC(=O)O)c3cc2Cl)nc1. The third kappa shape index (κ3) is 3.62. The molecule has 1 N–H and O–H groups in total. The van der Waals surface area contributed by atoms with Gasteiger partial charge in [0, 0.05) is 30.3 Å². The fraction of sp³-hybridized carbons (Fsp3) is 0.250. The molecule has 0 aliphatic carbocycles. The van der Waals surface area contributed by atoms with Crippen LogP contribution in [0, 0.1) is 6.92 Å². The van der Waals surface area contributed by atoms with E-state index in [1.165, 1.54) is 0 Å².